The number of rotatable bonds is 8. The summed E-state index contributed by atoms with van der Waals surface area (Å²) in [7, 11) is 0. The number of aliphatic carboxylic acids is 1. The summed E-state index contributed by atoms with van der Waals surface area (Å²) in [6.07, 6.45) is 4.25. The van der Waals surface area contributed by atoms with Crippen LogP contribution in [0.25, 0.3) is 0 Å². The van der Waals surface area contributed by atoms with Crippen LogP contribution in [0.2, 0.25) is 0 Å². The largest absolute Gasteiger partial charge is 0.481 e. The van der Waals surface area contributed by atoms with Gasteiger partial charge >= 0.3 is 5.97 Å². The third kappa shape index (κ3) is 6.14. The average Bonchev–Trinajstić information content (AvgIpc) is 2.91. The number of carboxylic acid groups (broad SMARTS) is 1. The quantitative estimate of drug-likeness (QED) is 0.709. The molecule has 1 aliphatic rings. The van der Waals surface area contributed by atoms with Gasteiger partial charge in [-0.05, 0) is 26.7 Å². The highest BCUT2D eigenvalue weighted by molar-refractivity contribution is 5.81. The molecular weight excluding hydrogens is 272 g/mol. The molecule has 21 heavy (non-hydrogen) atoms. The molecule has 0 aromatic carbocycles. The Kier molecular flexibility index (Phi) is 7.19. The maximum Gasteiger partial charge on any atom is 0.305 e. The lowest BCUT2D eigenvalue weighted by atomic mass is 10.1. The summed E-state index contributed by atoms with van der Waals surface area (Å²) in [6, 6.07) is -0.0395. The number of nitrogens with one attached hydrogen (secondary N) is 1. The lowest BCUT2D eigenvalue weighted by molar-refractivity contribution is -0.139. The van der Waals surface area contributed by atoms with Crippen LogP contribution in [0.3, 0.4) is 0 Å². The van der Waals surface area contributed by atoms with Crippen molar-refractivity contribution in [2.45, 2.75) is 58.4 Å². The standard InChI is InChI=1S/C15H26N2O4/c1-11(2)17(10-8-14(19)20)13(18)7-9-16-15(21)12-5-3-4-6-12/h11-12H,3-10H2,1-2H3,(H,16,21)(H,19,20). The van der Waals surface area contributed by atoms with Crippen molar-refractivity contribution >= 4 is 17.8 Å². The molecule has 1 aliphatic carbocycles. The van der Waals surface area contributed by atoms with Crippen molar-refractivity contribution in [2.24, 2.45) is 5.92 Å². The van der Waals surface area contributed by atoms with Crippen LogP contribution in [0.4, 0.5) is 0 Å². The highest BCUT2D eigenvalue weighted by atomic mass is 16.4. The molecule has 1 fully saturated rings. The van der Waals surface area contributed by atoms with Gasteiger partial charge in [0.1, 0.15) is 0 Å². The van der Waals surface area contributed by atoms with Gasteiger partial charge in [0.15, 0.2) is 0 Å². The summed E-state index contributed by atoms with van der Waals surface area (Å²) in [5.41, 5.74) is 0. The number of nitrogens with zero attached hydrogens (tertiary/aromatic N) is 1. The molecule has 1 rings (SSSR count). The fourth-order valence-electron chi connectivity index (χ4n) is 2.66. The molecule has 0 bridgehead atoms. The van der Waals surface area contributed by atoms with E-state index in [-0.39, 0.29) is 43.2 Å². The van der Waals surface area contributed by atoms with Crippen molar-refractivity contribution < 1.29 is 19.5 Å². The molecule has 0 atom stereocenters. The zero-order valence-electron chi connectivity index (χ0n) is 12.9. The molecule has 0 saturated heterocycles. The predicted molar refractivity (Wildman–Crippen MR) is 78.7 cm³/mol. The summed E-state index contributed by atoms with van der Waals surface area (Å²) in [6.45, 7) is 4.25. The smallest absolute Gasteiger partial charge is 0.305 e. The molecule has 0 aromatic heterocycles. The first-order valence-corrected chi connectivity index (χ1v) is 7.70. The molecule has 2 N–H and O–H groups in total. The Bertz CT molecular complexity index is 376. The monoisotopic (exact) mass is 298 g/mol. The average molecular weight is 298 g/mol. The second kappa shape index (κ2) is 8.64. The van der Waals surface area contributed by atoms with E-state index in [1.54, 1.807) is 4.90 Å². The van der Waals surface area contributed by atoms with E-state index in [0.717, 1.165) is 25.7 Å². The lowest BCUT2D eigenvalue weighted by Gasteiger charge is -2.26. The molecule has 0 unspecified atom stereocenters. The molecule has 0 heterocycles. The van der Waals surface area contributed by atoms with Crippen LogP contribution >= 0.6 is 0 Å². The Balaban J connectivity index is 2.32. The Morgan fingerprint density at radius 2 is 1.81 bits per heavy atom. The lowest BCUT2D eigenvalue weighted by Crippen LogP contribution is -2.40. The van der Waals surface area contributed by atoms with Gasteiger partial charge in [0.2, 0.25) is 11.8 Å². The predicted octanol–water partition coefficient (Wildman–Crippen LogP) is 1.39. The summed E-state index contributed by atoms with van der Waals surface area (Å²) in [5, 5.41) is 11.5. The number of hydrogen-bond acceptors (Lipinski definition) is 3. The zero-order chi connectivity index (χ0) is 15.8. The van der Waals surface area contributed by atoms with Crippen LogP contribution in [0, 0.1) is 5.92 Å². The summed E-state index contributed by atoms with van der Waals surface area (Å²) < 4.78 is 0. The first-order chi connectivity index (χ1) is 9.91. The fraction of sp³-hybridized carbons (Fsp3) is 0.800. The summed E-state index contributed by atoms with van der Waals surface area (Å²) in [5.74, 6) is -0.879. The minimum Gasteiger partial charge on any atom is -0.481 e. The van der Waals surface area contributed by atoms with Gasteiger partial charge in [-0.2, -0.15) is 0 Å². The molecule has 6 nitrogen and oxygen atoms in total. The van der Waals surface area contributed by atoms with Crippen molar-refractivity contribution in [2.75, 3.05) is 13.1 Å². The van der Waals surface area contributed by atoms with Gasteiger partial charge in [0, 0.05) is 31.5 Å². The van der Waals surface area contributed by atoms with Crippen molar-refractivity contribution in [3.05, 3.63) is 0 Å². The Morgan fingerprint density at radius 1 is 1.19 bits per heavy atom. The third-order valence-electron chi connectivity index (χ3n) is 3.87. The molecule has 6 heteroatoms. The third-order valence-corrected chi connectivity index (χ3v) is 3.87. The molecule has 0 aromatic rings. The van der Waals surface area contributed by atoms with Crippen LogP contribution < -0.4 is 5.32 Å². The SMILES string of the molecule is CC(C)N(CCC(=O)O)C(=O)CCNC(=O)C1CCCC1. The maximum absolute atomic E-state index is 12.1. The van der Waals surface area contributed by atoms with Gasteiger partial charge in [-0.15, -0.1) is 0 Å². The topological polar surface area (TPSA) is 86.7 Å². The minimum absolute atomic E-state index is 0.0395. The molecule has 2 amide bonds. The van der Waals surface area contributed by atoms with E-state index >= 15 is 0 Å². The summed E-state index contributed by atoms with van der Waals surface area (Å²) >= 11 is 0. The van der Waals surface area contributed by atoms with Gasteiger partial charge < -0.3 is 15.3 Å². The first kappa shape index (κ1) is 17.5. The van der Waals surface area contributed by atoms with E-state index in [2.05, 4.69) is 5.32 Å². The van der Waals surface area contributed by atoms with Gasteiger partial charge in [0.25, 0.3) is 0 Å². The zero-order valence-corrected chi connectivity index (χ0v) is 12.9. The molecule has 1 saturated carbocycles. The van der Waals surface area contributed by atoms with Crippen LogP contribution in [-0.4, -0.2) is 46.9 Å². The van der Waals surface area contributed by atoms with Crippen molar-refractivity contribution in [1.82, 2.24) is 10.2 Å². The molecule has 0 spiro atoms. The van der Waals surface area contributed by atoms with E-state index in [4.69, 9.17) is 5.11 Å². The maximum atomic E-state index is 12.1. The molecule has 0 radical (unpaired) electrons. The van der Waals surface area contributed by atoms with E-state index in [9.17, 15) is 14.4 Å². The van der Waals surface area contributed by atoms with Gasteiger partial charge in [-0.3, -0.25) is 14.4 Å². The van der Waals surface area contributed by atoms with Crippen molar-refractivity contribution in [3.63, 3.8) is 0 Å². The Morgan fingerprint density at radius 3 is 2.33 bits per heavy atom. The van der Waals surface area contributed by atoms with E-state index in [0.29, 0.717) is 6.54 Å². The van der Waals surface area contributed by atoms with Crippen LogP contribution in [-0.2, 0) is 14.4 Å². The van der Waals surface area contributed by atoms with Crippen LogP contribution in [0.5, 0.6) is 0 Å². The van der Waals surface area contributed by atoms with E-state index < -0.39 is 5.97 Å². The Labute approximate surface area is 125 Å². The molecule has 0 aliphatic heterocycles. The first-order valence-electron chi connectivity index (χ1n) is 7.70. The van der Waals surface area contributed by atoms with Crippen LogP contribution in [0.15, 0.2) is 0 Å². The van der Waals surface area contributed by atoms with E-state index in [1.807, 2.05) is 13.8 Å². The second-order valence-electron chi connectivity index (χ2n) is 5.85. The molecular formula is C15H26N2O4. The second-order valence-corrected chi connectivity index (χ2v) is 5.85. The van der Waals surface area contributed by atoms with Crippen molar-refractivity contribution in [3.8, 4) is 0 Å². The number of carbonyl (C=O) groups is 3. The normalized spacial score (nSPS) is 15.2. The van der Waals surface area contributed by atoms with Gasteiger partial charge in [-0.1, -0.05) is 12.8 Å². The highest BCUT2D eigenvalue weighted by Gasteiger charge is 2.23. The number of amides is 2. The summed E-state index contributed by atoms with van der Waals surface area (Å²) in [4.78, 5) is 36.1. The fourth-order valence-corrected chi connectivity index (χ4v) is 2.66. The van der Waals surface area contributed by atoms with Gasteiger partial charge in [0.05, 0.1) is 6.42 Å². The number of carbonyl (C=O) groups excluding carboxylic acids is 2. The highest BCUT2D eigenvalue weighted by Crippen LogP contribution is 2.24. The van der Waals surface area contributed by atoms with Crippen molar-refractivity contribution in [1.29, 1.82) is 0 Å². The minimum atomic E-state index is -0.914. The molecule has 120 valence electrons. The number of hydrogen-bond donors (Lipinski definition) is 2. The Hall–Kier alpha value is -1.59. The van der Waals surface area contributed by atoms with Crippen LogP contribution in [0.1, 0.15) is 52.4 Å². The van der Waals surface area contributed by atoms with Gasteiger partial charge in [-0.25, -0.2) is 0 Å². The van der Waals surface area contributed by atoms with E-state index in [1.165, 1.54) is 0 Å². The number of carboxylic acids is 1.